The molecule has 0 aliphatic carbocycles. The molecule has 0 aliphatic rings. The van der Waals surface area contributed by atoms with Crippen LogP contribution < -0.4 is 5.32 Å². The summed E-state index contributed by atoms with van der Waals surface area (Å²) in [5.41, 5.74) is 1.44. The second-order valence-corrected chi connectivity index (χ2v) is 6.59. The number of nitrogens with one attached hydrogen (secondary N) is 1. The molecule has 0 heterocycles. The fraction of sp³-hybridized carbons (Fsp3) is 0.600. The fourth-order valence-electron chi connectivity index (χ4n) is 2.04. The number of hydrogen-bond donors (Lipinski definition) is 1. The van der Waals surface area contributed by atoms with E-state index in [2.05, 4.69) is 58.7 Å². The largest absolute Gasteiger partial charge is 0.316 e. The van der Waals surface area contributed by atoms with Crippen LogP contribution in [0, 0.1) is 5.92 Å². The summed E-state index contributed by atoms with van der Waals surface area (Å²) in [7, 11) is 0. The highest BCUT2D eigenvalue weighted by atomic mass is 79.9. The average molecular weight is 330 g/mol. The number of rotatable bonds is 9. The number of benzene rings is 1. The Kier molecular flexibility index (Phi) is 8.82. The molecule has 1 aromatic carbocycles. The van der Waals surface area contributed by atoms with Gasteiger partial charge in [0.2, 0.25) is 0 Å². The van der Waals surface area contributed by atoms with Crippen molar-refractivity contribution in [2.45, 2.75) is 26.2 Å². The van der Waals surface area contributed by atoms with Gasteiger partial charge in [-0.2, -0.15) is 11.8 Å². The maximum atomic E-state index is 3.56. The summed E-state index contributed by atoms with van der Waals surface area (Å²) < 4.78 is 1.19. The molecule has 1 atom stereocenters. The zero-order chi connectivity index (χ0) is 13.2. The first-order valence-electron chi connectivity index (χ1n) is 6.70. The molecule has 3 heteroatoms. The molecule has 0 aromatic heterocycles. The minimum atomic E-state index is 0.748. The summed E-state index contributed by atoms with van der Waals surface area (Å²) in [5.74, 6) is 2.00. The van der Waals surface area contributed by atoms with E-state index in [1.54, 1.807) is 0 Å². The quantitative estimate of drug-likeness (QED) is 0.675. The van der Waals surface area contributed by atoms with Gasteiger partial charge in [0.05, 0.1) is 0 Å². The van der Waals surface area contributed by atoms with E-state index >= 15 is 0 Å². The number of hydrogen-bond acceptors (Lipinski definition) is 2. The molecule has 0 bridgehead atoms. The van der Waals surface area contributed by atoms with Crippen molar-refractivity contribution in [2.75, 3.05) is 25.1 Å². The highest BCUT2D eigenvalue weighted by molar-refractivity contribution is 9.10. The highest BCUT2D eigenvalue weighted by Gasteiger charge is 2.09. The molecule has 0 saturated heterocycles. The molecule has 0 fully saturated rings. The summed E-state index contributed by atoms with van der Waals surface area (Å²) in [6.07, 6.45) is 5.88. The van der Waals surface area contributed by atoms with Crippen molar-refractivity contribution in [3.63, 3.8) is 0 Å². The van der Waals surface area contributed by atoms with Gasteiger partial charge in [-0.05, 0) is 68.0 Å². The number of halogens is 1. The van der Waals surface area contributed by atoms with Gasteiger partial charge >= 0.3 is 0 Å². The van der Waals surface area contributed by atoms with E-state index in [-0.39, 0.29) is 0 Å². The van der Waals surface area contributed by atoms with Crippen LogP contribution in [0.15, 0.2) is 28.7 Å². The molecule has 1 nitrogen and oxygen atoms in total. The van der Waals surface area contributed by atoms with Gasteiger partial charge in [0, 0.05) is 4.47 Å². The van der Waals surface area contributed by atoms with Gasteiger partial charge in [0.25, 0.3) is 0 Å². The van der Waals surface area contributed by atoms with Crippen molar-refractivity contribution >= 4 is 27.7 Å². The smallest absolute Gasteiger partial charge is 0.0177 e. The SMILES string of the molecule is CCCNCC(CCSC)Cc1cccc(Br)c1. The first-order valence-corrected chi connectivity index (χ1v) is 8.89. The van der Waals surface area contributed by atoms with Crippen LogP contribution in [0.4, 0.5) is 0 Å². The van der Waals surface area contributed by atoms with Crippen molar-refractivity contribution in [2.24, 2.45) is 5.92 Å². The highest BCUT2D eigenvalue weighted by Crippen LogP contribution is 2.18. The average Bonchev–Trinajstić information content (AvgIpc) is 2.36. The summed E-state index contributed by atoms with van der Waals surface area (Å²) in [6.45, 7) is 4.49. The summed E-state index contributed by atoms with van der Waals surface area (Å²) in [4.78, 5) is 0. The van der Waals surface area contributed by atoms with Crippen molar-refractivity contribution in [1.29, 1.82) is 0 Å². The van der Waals surface area contributed by atoms with Crippen LogP contribution in [0.5, 0.6) is 0 Å². The molecule has 1 N–H and O–H groups in total. The van der Waals surface area contributed by atoms with Gasteiger partial charge in [-0.15, -0.1) is 0 Å². The maximum absolute atomic E-state index is 3.56. The van der Waals surface area contributed by atoms with Gasteiger partial charge < -0.3 is 5.32 Å². The lowest BCUT2D eigenvalue weighted by molar-refractivity contribution is 0.463. The van der Waals surface area contributed by atoms with E-state index < -0.39 is 0 Å². The van der Waals surface area contributed by atoms with Crippen molar-refractivity contribution in [3.8, 4) is 0 Å². The maximum Gasteiger partial charge on any atom is 0.0177 e. The van der Waals surface area contributed by atoms with E-state index in [9.17, 15) is 0 Å². The van der Waals surface area contributed by atoms with Crippen molar-refractivity contribution < 1.29 is 0 Å². The third-order valence-corrected chi connectivity index (χ3v) is 4.14. The molecule has 1 unspecified atom stereocenters. The Morgan fingerprint density at radius 2 is 2.22 bits per heavy atom. The summed E-state index contributed by atoms with van der Waals surface area (Å²) >= 11 is 5.49. The van der Waals surface area contributed by atoms with Crippen LogP contribution in [-0.2, 0) is 6.42 Å². The Balaban J connectivity index is 2.48. The lowest BCUT2D eigenvalue weighted by Crippen LogP contribution is -2.25. The van der Waals surface area contributed by atoms with Gasteiger partial charge in [-0.25, -0.2) is 0 Å². The molecule has 0 radical (unpaired) electrons. The van der Waals surface area contributed by atoms with Crippen LogP contribution in [0.25, 0.3) is 0 Å². The van der Waals surface area contributed by atoms with Crippen LogP contribution in [0.3, 0.4) is 0 Å². The standard InChI is InChI=1S/C15H24BrNS/c1-3-8-17-12-14(7-9-18-2)10-13-5-4-6-15(16)11-13/h4-6,11,14,17H,3,7-10,12H2,1-2H3. The molecule has 1 rings (SSSR count). The van der Waals surface area contributed by atoms with E-state index in [1.165, 1.54) is 35.1 Å². The van der Waals surface area contributed by atoms with E-state index in [1.807, 2.05) is 11.8 Å². The Bertz CT molecular complexity index is 330. The van der Waals surface area contributed by atoms with Crippen LogP contribution >= 0.6 is 27.7 Å². The van der Waals surface area contributed by atoms with Gasteiger partial charge in [-0.1, -0.05) is 35.0 Å². The van der Waals surface area contributed by atoms with Crippen molar-refractivity contribution in [3.05, 3.63) is 34.3 Å². The molecule has 18 heavy (non-hydrogen) atoms. The predicted molar refractivity (Wildman–Crippen MR) is 87.5 cm³/mol. The molecule has 102 valence electrons. The topological polar surface area (TPSA) is 12.0 Å². The molecule has 1 aromatic rings. The molecule has 0 amide bonds. The van der Waals surface area contributed by atoms with Gasteiger partial charge in [0.15, 0.2) is 0 Å². The van der Waals surface area contributed by atoms with E-state index in [0.717, 1.165) is 19.0 Å². The zero-order valence-electron chi connectivity index (χ0n) is 11.4. The first kappa shape index (κ1) is 16.1. The normalized spacial score (nSPS) is 12.6. The van der Waals surface area contributed by atoms with Crippen LogP contribution in [0.2, 0.25) is 0 Å². The first-order chi connectivity index (χ1) is 8.76. The van der Waals surface area contributed by atoms with Gasteiger partial charge in [-0.3, -0.25) is 0 Å². The molecule has 0 saturated carbocycles. The van der Waals surface area contributed by atoms with Gasteiger partial charge in [0.1, 0.15) is 0 Å². The Morgan fingerprint density at radius 3 is 2.89 bits per heavy atom. The lowest BCUT2D eigenvalue weighted by atomic mass is 9.97. The third-order valence-electron chi connectivity index (χ3n) is 3.00. The Hall–Kier alpha value is 0.01000. The molecular formula is C15H24BrNS. The summed E-state index contributed by atoms with van der Waals surface area (Å²) in [6, 6.07) is 8.70. The molecule has 0 spiro atoms. The van der Waals surface area contributed by atoms with E-state index in [4.69, 9.17) is 0 Å². The lowest BCUT2D eigenvalue weighted by Gasteiger charge is -2.17. The minimum Gasteiger partial charge on any atom is -0.316 e. The minimum absolute atomic E-state index is 0.748. The molecule has 0 aliphatic heterocycles. The zero-order valence-corrected chi connectivity index (χ0v) is 13.8. The van der Waals surface area contributed by atoms with Crippen LogP contribution in [-0.4, -0.2) is 25.1 Å². The third kappa shape index (κ3) is 6.81. The summed E-state index contributed by atoms with van der Waals surface area (Å²) in [5, 5.41) is 3.56. The van der Waals surface area contributed by atoms with Crippen LogP contribution in [0.1, 0.15) is 25.3 Å². The van der Waals surface area contributed by atoms with E-state index in [0.29, 0.717) is 0 Å². The van der Waals surface area contributed by atoms with Crippen molar-refractivity contribution in [1.82, 2.24) is 5.32 Å². The molecular weight excluding hydrogens is 306 g/mol. The Morgan fingerprint density at radius 1 is 1.39 bits per heavy atom. The monoisotopic (exact) mass is 329 g/mol. The predicted octanol–water partition coefficient (Wildman–Crippen LogP) is 4.36. The fourth-order valence-corrected chi connectivity index (χ4v) is 3.06. The Labute approximate surface area is 124 Å². The second kappa shape index (κ2) is 9.88. The number of thioether (sulfide) groups is 1. The second-order valence-electron chi connectivity index (χ2n) is 4.69.